The van der Waals surface area contributed by atoms with Crippen LogP contribution in [0.4, 0.5) is 0 Å². The SMILES string of the molecule is Cn1c(COc2ccc(CCC(=O)C3CCCC3)cc2)nc2ccccc21. The number of carbonyl (C=O) groups is 1. The first-order chi connectivity index (χ1) is 13.2. The van der Waals surface area contributed by atoms with Crippen molar-refractivity contribution in [1.82, 2.24) is 9.55 Å². The zero-order valence-electron chi connectivity index (χ0n) is 15.9. The van der Waals surface area contributed by atoms with E-state index < -0.39 is 0 Å². The minimum Gasteiger partial charge on any atom is -0.486 e. The normalized spacial score (nSPS) is 14.7. The number of ketones is 1. The Hall–Kier alpha value is -2.62. The van der Waals surface area contributed by atoms with Gasteiger partial charge in [-0.3, -0.25) is 4.79 Å². The minimum absolute atomic E-state index is 0.320. The smallest absolute Gasteiger partial charge is 0.147 e. The van der Waals surface area contributed by atoms with E-state index in [4.69, 9.17) is 4.74 Å². The summed E-state index contributed by atoms with van der Waals surface area (Å²) in [6, 6.07) is 16.2. The molecule has 1 aliphatic carbocycles. The van der Waals surface area contributed by atoms with Gasteiger partial charge in [0.25, 0.3) is 0 Å². The Kier molecular flexibility index (Phi) is 5.23. The van der Waals surface area contributed by atoms with Gasteiger partial charge in [-0.1, -0.05) is 37.1 Å². The second-order valence-corrected chi connectivity index (χ2v) is 7.46. The third-order valence-corrected chi connectivity index (χ3v) is 5.64. The van der Waals surface area contributed by atoms with Gasteiger partial charge < -0.3 is 9.30 Å². The molecule has 1 aromatic heterocycles. The zero-order chi connectivity index (χ0) is 18.6. The molecule has 0 spiro atoms. The highest BCUT2D eigenvalue weighted by atomic mass is 16.5. The van der Waals surface area contributed by atoms with Crippen LogP contribution in [0.1, 0.15) is 43.5 Å². The first-order valence-electron chi connectivity index (χ1n) is 9.85. The molecule has 0 bridgehead atoms. The summed E-state index contributed by atoms with van der Waals surface area (Å²) in [5.74, 6) is 2.49. The van der Waals surface area contributed by atoms with Crippen molar-refractivity contribution in [1.29, 1.82) is 0 Å². The lowest BCUT2D eigenvalue weighted by atomic mass is 9.97. The van der Waals surface area contributed by atoms with Crippen molar-refractivity contribution in [2.45, 2.75) is 45.1 Å². The standard InChI is InChI=1S/C23H26N2O2/c1-25-21-9-5-4-8-20(21)24-23(25)16-27-19-13-10-17(11-14-19)12-15-22(26)18-6-2-3-7-18/h4-5,8-11,13-14,18H,2-3,6-7,12,15-16H2,1H3. The molecule has 4 heteroatoms. The summed E-state index contributed by atoms with van der Waals surface area (Å²) in [4.78, 5) is 16.8. The Bertz CT molecular complexity index is 921. The Balaban J connectivity index is 1.32. The van der Waals surface area contributed by atoms with E-state index in [0.717, 1.165) is 41.9 Å². The summed E-state index contributed by atoms with van der Waals surface area (Å²) < 4.78 is 7.98. The number of fused-ring (bicyclic) bond motifs is 1. The number of hydrogen-bond donors (Lipinski definition) is 0. The highest BCUT2D eigenvalue weighted by Crippen LogP contribution is 2.27. The van der Waals surface area contributed by atoms with Crippen molar-refractivity contribution in [3.8, 4) is 5.75 Å². The minimum atomic E-state index is 0.320. The summed E-state index contributed by atoms with van der Waals surface area (Å²) >= 11 is 0. The van der Waals surface area contributed by atoms with E-state index in [2.05, 4.69) is 27.8 Å². The van der Waals surface area contributed by atoms with E-state index in [1.54, 1.807) is 0 Å². The molecule has 2 aromatic carbocycles. The number of para-hydroxylation sites is 2. The van der Waals surface area contributed by atoms with E-state index in [0.29, 0.717) is 24.7 Å². The molecule has 0 aliphatic heterocycles. The summed E-state index contributed by atoms with van der Waals surface area (Å²) in [6.45, 7) is 0.435. The number of rotatable bonds is 7. The van der Waals surface area contributed by atoms with E-state index >= 15 is 0 Å². The van der Waals surface area contributed by atoms with Crippen molar-refractivity contribution in [3.05, 3.63) is 59.9 Å². The predicted octanol–water partition coefficient (Wildman–Crippen LogP) is 4.84. The molecule has 0 radical (unpaired) electrons. The number of benzene rings is 2. The van der Waals surface area contributed by atoms with Crippen LogP contribution in [-0.4, -0.2) is 15.3 Å². The molecular formula is C23H26N2O2. The molecule has 27 heavy (non-hydrogen) atoms. The van der Waals surface area contributed by atoms with Crippen LogP contribution in [-0.2, 0) is 24.9 Å². The molecule has 1 aliphatic rings. The number of Topliss-reactive ketones (excluding diaryl/α,β-unsaturated/α-hetero) is 1. The van der Waals surface area contributed by atoms with E-state index in [-0.39, 0.29) is 0 Å². The predicted molar refractivity (Wildman–Crippen MR) is 107 cm³/mol. The van der Waals surface area contributed by atoms with Gasteiger partial charge in [0, 0.05) is 19.4 Å². The van der Waals surface area contributed by atoms with Crippen molar-refractivity contribution < 1.29 is 9.53 Å². The molecular weight excluding hydrogens is 336 g/mol. The van der Waals surface area contributed by atoms with Gasteiger partial charge in [-0.15, -0.1) is 0 Å². The molecule has 1 heterocycles. The monoisotopic (exact) mass is 362 g/mol. The number of carbonyl (C=O) groups excluding carboxylic acids is 1. The molecule has 1 saturated carbocycles. The maximum atomic E-state index is 12.2. The largest absolute Gasteiger partial charge is 0.486 e. The average Bonchev–Trinajstić information content (AvgIpc) is 3.34. The Labute approximate surface area is 160 Å². The summed E-state index contributed by atoms with van der Waals surface area (Å²) in [5, 5.41) is 0. The van der Waals surface area contributed by atoms with Crippen molar-refractivity contribution >= 4 is 16.8 Å². The van der Waals surface area contributed by atoms with Crippen LogP contribution in [0.5, 0.6) is 5.75 Å². The first kappa shape index (κ1) is 17.8. The van der Waals surface area contributed by atoms with Crippen LogP contribution in [0.15, 0.2) is 48.5 Å². The maximum absolute atomic E-state index is 12.2. The fraction of sp³-hybridized carbons (Fsp3) is 0.391. The Morgan fingerprint density at radius 2 is 1.85 bits per heavy atom. The fourth-order valence-corrected chi connectivity index (χ4v) is 3.94. The number of aromatic nitrogens is 2. The second kappa shape index (κ2) is 7.95. The van der Waals surface area contributed by atoms with Crippen LogP contribution in [0.25, 0.3) is 11.0 Å². The van der Waals surface area contributed by atoms with Crippen LogP contribution in [0.2, 0.25) is 0 Å². The van der Waals surface area contributed by atoms with E-state index in [1.165, 1.54) is 18.4 Å². The Morgan fingerprint density at radius 3 is 2.59 bits per heavy atom. The number of aryl methyl sites for hydroxylation is 2. The zero-order valence-corrected chi connectivity index (χ0v) is 15.9. The van der Waals surface area contributed by atoms with Gasteiger partial charge in [-0.05, 0) is 49.1 Å². The van der Waals surface area contributed by atoms with Gasteiger partial charge >= 0.3 is 0 Å². The summed E-state index contributed by atoms with van der Waals surface area (Å²) in [7, 11) is 2.01. The van der Waals surface area contributed by atoms with Crippen molar-refractivity contribution in [2.75, 3.05) is 0 Å². The van der Waals surface area contributed by atoms with E-state index in [1.807, 2.05) is 37.4 Å². The lowest BCUT2D eigenvalue weighted by molar-refractivity contribution is -0.122. The maximum Gasteiger partial charge on any atom is 0.147 e. The van der Waals surface area contributed by atoms with Gasteiger partial charge in [-0.2, -0.15) is 0 Å². The number of nitrogens with zero attached hydrogens (tertiary/aromatic N) is 2. The van der Waals surface area contributed by atoms with Crippen molar-refractivity contribution in [3.63, 3.8) is 0 Å². The van der Waals surface area contributed by atoms with Crippen LogP contribution >= 0.6 is 0 Å². The number of imidazole rings is 1. The lowest BCUT2D eigenvalue weighted by Crippen LogP contribution is -2.11. The molecule has 1 fully saturated rings. The van der Waals surface area contributed by atoms with Crippen LogP contribution < -0.4 is 4.74 Å². The molecule has 4 rings (SSSR count). The van der Waals surface area contributed by atoms with E-state index in [9.17, 15) is 4.79 Å². The molecule has 0 saturated heterocycles. The Morgan fingerprint density at radius 1 is 1.11 bits per heavy atom. The van der Waals surface area contributed by atoms with Gasteiger partial charge in [0.1, 0.15) is 24.0 Å². The molecule has 3 aromatic rings. The molecule has 4 nitrogen and oxygen atoms in total. The molecule has 140 valence electrons. The first-order valence-corrected chi connectivity index (χ1v) is 9.85. The third kappa shape index (κ3) is 4.05. The fourth-order valence-electron chi connectivity index (χ4n) is 3.94. The van der Waals surface area contributed by atoms with Gasteiger partial charge in [0.2, 0.25) is 0 Å². The summed E-state index contributed by atoms with van der Waals surface area (Å²) in [5.41, 5.74) is 3.29. The lowest BCUT2D eigenvalue weighted by Gasteiger charge is -2.09. The van der Waals surface area contributed by atoms with Crippen molar-refractivity contribution in [2.24, 2.45) is 13.0 Å². The van der Waals surface area contributed by atoms with Crippen LogP contribution in [0.3, 0.4) is 0 Å². The number of hydrogen-bond acceptors (Lipinski definition) is 3. The highest BCUT2D eigenvalue weighted by Gasteiger charge is 2.21. The highest BCUT2D eigenvalue weighted by molar-refractivity contribution is 5.81. The quantitative estimate of drug-likeness (QED) is 0.604. The molecule has 0 atom stereocenters. The van der Waals surface area contributed by atoms with Crippen LogP contribution in [0, 0.1) is 5.92 Å². The third-order valence-electron chi connectivity index (χ3n) is 5.64. The average molecular weight is 362 g/mol. The summed E-state index contributed by atoms with van der Waals surface area (Å²) in [6.07, 6.45) is 6.09. The second-order valence-electron chi connectivity index (χ2n) is 7.46. The molecule has 0 N–H and O–H groups in total. The number of ether oxygens (including phenoxy) is 1. The van der Waals surface area contributed by atoms with Gasteiger partial charge in [0.15, 0.2) is 0 Å². The molecule has 0 amide bonds. The van der Waals surface area contributed by atoms with Gasteiger partial charge in [0.05, 0.1) is 11.0 Å². The molecule has 0 unspecified atom stereocenters. The van der Waals surface area contributed by atoms with Gasteiger partial charge in [-0.25, -0.2) is 4.98 Å². The topological polar surface area (TPSA) is 44.1 Å².